The van der Waals surface area contributed by atoms with Gasteiger partial charge < -0.3 is 20.3 Å². The highest BCUT2D eigenvalue weighted by Crippen LogP contribution is 2.33. The van der Waals surface area contributed by atoms with E-state index in [2.05, 4.69) is 10.6 Å². The third-order valence-electron chi connectivity index (χ3n) is 4.37. The van der Waals surface area contributed by atoms with Crippen molar-refractivity contribution in [1.82, 2.24) is 15.5 Å². The molecule has 1 heterocycles. The van der Waals surface area contributed by atoms with Gasteiger partial charge in [0.05, 0.1) is 13.0 Å². The molecule has 2 N–H and O–H groups in total. The minimum Gasteiger partial charge on any atom is -0.497 e. The van der Waals surface area contributed by atoms with Gasteiger partial charge in [-0.2, -0.15) is 0 Å². The number of hydrogen-bond acceptors (Lipinski definition) is 3. The average molecular weight is 333 g/mol. The lowest BCUT2D eigenvalue weighted by Gasteiger charge is -2.18. The Morgan fingerprint density at radius 3 is 2.46 bits per heavy atom. The summed E-state index contributed by atoms with van der Waals surface area (Å²) in [4.78, 5) is 26.4. The van der Waals surface area contributed by atoms with Gasteiger partial charge in [-0.05, 0) is 31.0 Å². The Balaban J connectivity index is 2.18. The Hall–Kier alpha value is -2.24. The third-order valence-corrected chi connectivity index (χ3v) is 4.37. The Morgan fingerprint density at radius 2 is 1.88 bits per heavy atom. The molecule has 1 fully saturated rings. The zero-order valence-corrected chi connectivity index (χ0v) is 14.7. The van der Waals surface area contributed by atoms with Crippen molar-refractivity contribution in [1.29, 1.82) is 0 Å². The molecule has 6 nitrogen and oxygen atoms in total. The normalized spacial score (nSPS) is 19.9. The molecule has 0 aromatic heterocycles. The van der Waals surface area contributed by atoms with Gasteiger partial charge in [0.25, 0.3) is 0 Å². The zero-order valence-electron chi connectivity index (χ0n) is 14.7. The molecule has 1 aromatic rings. The summed E-state index contributed by atoms with van der Waals surface area (Å²) in [7, 11) is 1.63. The monoisotopic (exact) mass is 333 g/mol. The molecule has 2 unspecified atom stereocenters. The second-order valence-electron chi connectivity index (χ2n) is 6.02. The fraction of sp³-hybridized carbons (Fsp3) is 0.556. The molecular formula is C18H27N3O3. The highest BCUT2D eigenvalue weighted by Gasteiger charge is 2.40. The molecular weight excluding hydrogens is 306 g/mol. The first-order chi connectivity index (χ1) is 11.6. The summed E-state index contributed by atoms with van der Waals surface area (Å²) >= 11 is 0. The van der Waals surface area contributed by atoms with Gasteiger partial charge in [0, 0.05) is 32.1 Å². The summed E-state index contributed by atoms with van der Waals surface area (Å²) in [6.45, 7) is 6.14. The summed E-state index contributed by atoms with van der Waals surface area (Å²) in [5.41, 5.74) is 1.05. The number of hydrogen-bond donors (Lipinski definition) is 2. The number of benzene rings is 1. The van der Waals surface area contributed by atoms with E-state index < -0.39 is 0 Å². The lowest BCUT2D eigenvalue weighted by atomic mass is 9.88. The lowest BCUT2D eigenvalue weighted by Crippen LogP contribution is -2.40. The molecule has 3 amide bonds. The number of methoxy groups -OCH3 is 1. The minimum absolute atomic E-state index is 0.00429. The van der Waals surface area contributed by atoms with Gasteiger partial charge in [0.15, 0.2) is 0 Å². The van der Waals surface area contributed by atoms with Crippen LogP contribution >= 0.6 is 0 Å². The summed E-state index contributed by atoms with van der Waals surface area (Å²) in [6, 6.07) is 7.63. The van der Waals surface area contributed by atoms with Crippen molar-refractivity contribution in [2.75, 3.05) is 33.3 Å². The maximum Gasteiger partial charge on any atom is 0.317 e. The van der Waals surface area contributed by atoms with Crippen molar-refractivity contribution < 1.29 is 14.3 Å². The topological polar surface area (TPSA) is 70.7 Å². The van der Waals surface area contributed by atoms with Crippen LogP contribution < -0.4 is 15.4 Å². The molecule has 0 spiro atoms. The van der Waals surface area contributed by atoms with E-state index in [1.54, 1.807) is 12.0 Å². The van der Waals surface area contributed by atoms with Crippen molar-refractivity contribution in [3.05, 3.63) is 29.8 Å². The smallest absolute Gasteiger partial charge is 0.317 e. The summed E-state index contributed by atoms with van der Waals surface area (Å²) < 4.78 is 5.20. The predicted octanol–water partition coefficient (Wildman–Crippen LogP) is 1.97. The van der Waals surface area contributed by atoms with Crippen LogP contribution in [0.25, 0.3) is 0 Å². The van der Waals surface area contributed by atoms with Gasteiger partial charge in [-0.15, -0.1) is 0 Å². The number of nitrogens with one attached hydrogen (secondary N) is 2. The quantitative estimate of drug-likeness (QED) is 0.836. The number of urea groups is 1. The van der Waals surface area contributed by atoms with E-state index in [1.165, 1.54) is 0 Å². The van der Waals surface area contributed by atoms with E-state index in [-0.39, 0.29) is 23.8 Å². The molecule has 132 valence electrons. The van der Waals surface area contributed by atoms with Gasteiger partial charge in [0.2, 0.25) is 5.91 Å². The number of rotatable bonds is 6. The van der Waals surface area contributed by atoms with Crippen LogP contribution in [0.1, 0.15) is 31.7 Å². The largest absolute Gasteiger partial charge is 0.497 e. The molecule has 2 atom stereocenters. The number of likely N-dealkylation sites (tertiary alicyclic amines) is 1. The summed E-state index contributed by atoms with van der Waals surface area (Å²) in [5, 5.41) is 5.78. The highest BCUT2D eigenvalue weighted by atomic mass is 16.5. The second kappa shape index (κ2) is 8.57. The molecule has 1 aromatic carbocycles. The van der Waals surface area contributed by atoms with Crippen molar-refractivity contribution in [2.45, 2.75) is 26.2 Å². The number of carbonyl (C=O) groups excluding carboxylic acids is 2. The predicted molar refractivity (Wildman–Crippen MR) is 93.2 cm³/mol. The fourth-order valence-electron chi connectivity index (χ4n) is 3.07. The van der Waals surface area contributed by atoms with Crippen LogP contribution in [0.4, 0.5) is 4.79 Å². The maximum absolute atomic E-state index is 12.5. The Bertz CT molecular complexity index is 559. The van der Waals surface area contributed by atoms with E-state index in [9.17, 15) is 9.59 Å². The maximum atomic E-state index is 12.5. The fourth-order valence-corrected chi connectivity index (χ4v) is 3.07. The highest BCUT2D eigenvalue weighted by molar-refractivity contribution is 5.82. The van der Waals surface area contributed by atoms with E-state index in [4.69, 9.17) is 4.74 Å². The van der Waals surface area contributed by atoms with E-state index in [1.807, 2.05) is 38.1 Å². The second-order valence-corrected chi connectivity index (χ2v) is 6.02. The molecule has 0 radical (unpaired) electrons. The molecule has 1 aliphatic heterocycles. The van der Waals surface area contributed by atoms with Crippen molar-refractivity contribution in [2.24, 2.45) is 5.92 Å². The van der Waals surface area contributed by atoms with Gasteiger partial charge >= 0.3 is 6.03 Å². The summed E-state index contributed by atoms with van der Waals surface area (Å²) in [5.74, 6) is 0.566. The van der Waals surface area contributed by atoms with Gasteiger partial charge in [-0.25, -0.2) is 4.79 Å². The number of nitrogens with zero attached hydrogens (tertiary/aromatic N) is 1. The Labute approximate surface area is 143 Å². The van der Waals surface area contributed by atoms with Gasteiger partial charge in [0.1, 0.15) is 5.75 Å². The molecule has 1 saturated heterocycles. The molecule has 0 bridgehead atoms. The van der Waals surface area contributed by atoms with Crippen LogP contribution in [0.2, 0.25) is 0 Å². The first-order valence-electron chi connectivity index (χ1n) is 8.55. The van der Waals surface area contributed by atoms with Crippen LogP contribution in [0.5, 0.6) is 5.75 Å². The molecule has 0 saturated carbocycles. The van der Waals surface area contributed by atoms with Crippen LogP contribution in [0, 0.1) is 5.92 Å². The Kier molecular flexibility index (Phi) is 6.46. The van der Waals surface area contributed by atoms with Crippen molar-refractivity contribution >= 4 is 11.9 Å². The molecule has 0 aliphatic carbocycles. The van der Waals surface area contributed by atoms with Crippen molar-refractivity contribution in [3.63, 3.8) is 0 Å². The van der Waals surface area contributed by atoms with Gasteiger partial charge in [-0.3, -0.25) is 4.79 Å². The first-order valence-corrected chi connectivity index (χ1v) is 8.55. The molecule has 6 heteroatoms. The number of carbonyl (C=O) groups is 2. The van der Waals surface area contributed by atoms with E-state index in [0.717, 1.165) is 17.7 Å². The van der Waals surface area contributed by atoms with Crippen LogP contribution in [0.3, 0.4) is 0 Å². The minimum atomic E-state index is -0.229. The Morgan fingerprint density at radius 1 is 1.17 bits per heavy atom. The first kappa shape index (κ1) is 18.1. The average Bonchev–Trinajstić information content (AvgIpc) is 3.05. The van der Waals surface area contributed by atoms with E-state index in [0.29, 0.717) is 26.2 Å². The van der Waals surface area contributed by atoms with E-state index >= 15 is 0 Å². The van der Waals surface area contributed by atoms with Crippen LogP contribution in [0.15, 0.2) is 24.3 Å². The molecule has 24 heavy (non-hydrogen) atoms. The summed E-state index contributed by atoms with van der Waals surface area (Å²) in [6.07, 6.45) is 0.895. The third kappa shape index (κ3) is 4.19. The van der Waals surface area contributed by atoms with Crippen molar-refractivity contribution in [3.8, 4) is 5.75 Å². The van der Waals surface area contributed by atoms with Crippen LogP contribution in [-0.2, 0) is 4.79 Å². The molecule has 1 aliphatic rings. The lowest BCUT2D eigenvalue weighted by molar-refractivity contribution is -0.124. The molecule has 2 rings (SSSR count). The number of ether oxygens (including phenoxy) is 1. The standard InChI is InChI=1S/C18H27N3O3/c1-4-10-20-17(22)16-12-21(18(23)19-5-2)11-15(16)13-6-8-14(24-3)9-7-13/h6-9,15-16H,4-5,10-12H2,1-3H3,(H,19,23)(H,20,22). The zero-order chi connectivity index (χ0) is 17.5. The van der Waals surface area contributed by atoms with Crippen LogP contribution in [-0.4, -0.2) is 50.1 Å². The van der Waals surface area contributed by atoms with Gasteiger partial charge in [-0.1, -0.05) is 19.1 Å². The number of amides is 3. The SMILES string of the molecule is CCCNC(=O)C1CN(C(=O)NCC)CC1c1ccc(OC)cc1.